The number of cyclic esters (lactones) is 1. The molecule has 0 aromatic carbocycles. The van der Waals surface area contributed by atoms with Crippen LogP contribution in [-0.4, -0.2) is 145 Å². The van der Waals surface area contributed by atoms with E-state index in [1.807, 2.05) is 46.7 Å². The Kier molecular flexibility index (Phi) is 12.8. The molecule has 13 nitrogen and oxygen atoms in total. The normalized spacial score (nSPS) is 44.4. The molecule has 4 aliphatic heterocycles. The second kappa shape index (κ2) is 15.7. The van der Waals surface area contributed by atoms with E-state index >= 15 is 0 Å². The number of rotatable bonds is 7. The Hall–Kier alpha value is -1.71. The van der Waals surface area contributed by atoms with Gasteiger partial charge in [0.05, 0.1) is 30.3 Å². The molecule has 13 heteroatoms. The SMILES string of the molecule is CC[C@H]1OC(=O)C(C)C(=O)[C@H](C)[C@@H](OC2OC(CN3CC(O)C3)CC(N(C)C)C2O)[C@](C)(OC)C[C@@H](C)CN[C@H](C)[C@H]2CC(=O)O[C@@]21C. The lowest BCUT2D eigenvalue weighted by atomic mass is 9.78. The van der Waals surface area contributed by atoms with Gasteiger partial charge in [-0.1, -0.05) is 20.8 Å². The van der Waals surface area contributed by atoms with E-state index in [-0.39, 0.29) is 54.3 Å². The maximum Gasteiger partial charge on any atom is 0.316 e. The van der Waals surface area contributed by atoms with Crippen molar-refractivity contribution in [1.29, 1.82) is 0 Å². The van der Waals surface area contributed by atoms with Gasteiger partial charge in [-0.25, -0.2) is 0 Å². The van der Waals surface area contributed by atoms with E-state index in [2.05, 4.69) is 17.1 Å². The average Bonchev–Trinajstić information content (AvgIpc) is 3.34. The van der Waals surface area contributed by atoms with Crippen molar-refractivity contribution in [3.63, 3.8) is 0 Å². The third kappa shape index (κ3) is 8.25. The molecule has 0 amide bonds. The first-order chi connectivity index (χ1) is 22.4. The largest absolute Gasteiger partial charge is 0.458 e. The van der Waals surface area contributed by atoms with Crippen molar-refractivity contribution in [3.05, 3.63) is 0 Å². The lowest BCUT2D eigenvalue weighted by Crippen LogP contribution is -2.61. The van der Waals surface area contributed by atoms with E-state index in [0.29, 0.717) is 45.4 Å². The Morgan fingerprint density at radius 3 is 2.33 bits per heavy atom. The molecule has 276 valence electrons. The van der Waals surface area contributed by atoms with Crippen molar-refractivity contribution in [2.75, 3.05) is 47.4 Å². The Morgan fingerprint density at radius 2 is 1.75 bits per heavy atom. The molecular formula is C35H61N3O10. The summed E-state index contributed by atoms with van der Waals surface area (Å²) in [7, 11) is 5.39. The first-order valence-electron chi connectivity index (χ1n) is 17.7. The highest BCUT2D eigenvalue weighted by atomic mass is 16.7. The Labute approximate surface area is 286 Å². The zero-order valence-electron chi connectivity index (χ0n) is 30.6. The van der Waals surface area contributed by atoms with E-state index in [9.17, 15) is 24.6 Å². The number of likely N-dealkylation sites (tertiary alicyclic amines) is 1. The third-order valence-corrected chi connectivity index (χ3v) is 11.5. The third-order valence-electron chi connectivity index (χ3n) is 11.5. The number of hydrogen-bond acceptors (Lipinski definition) is 13. The summed E-state index contributed by atoms with van der Waals surface area (Å²) in [6, 6.07) is -0.416. The summed E-state index contributed by atoms with van der Waals surface area (Å²) in [5.41, 5.74) is -2.08. The lowest BCUT2D eigenvalue weighted by Gasteiger charge is -2.48. The van der Waals surface area contributed by atoms with Crippen molar-refractivity contribution >= 4 is 17.7 Å². The molecule has 0 saturated carbocycles. The minimum atomic E-state index is -1.14. The molecule has 3 N–H and O–H groups in total. The van der Waals surface area contributed by atoms with Gasteiger partial charge in [-0.15, -0.1) is 0 Å². The van der Waals surface area contributed by atoms with Gasteiger partial charge in [-0.05, 0) is 73.5 Å². The smallest absolute Gasteiger partial charge is 0.316 e. The summed E-state index contributed by atoms with van der Waals surface area (Å²) in [5, 5.41) is 25.0. The van der Waals surface area contributed by atoms with Crippen LogP contribution in [0.3, 0.4) is 0 Å². The fourth-order valence-corrected chi connectivity index (χ4v) is 8.42. The predicted octanol–water partition coefficient (Wildman–Crippen LogP) is 1.36. The van der Waals surface area contributed by atoms with Crippen LogP contribution < -0.4 is 5.32 Å². The summed E-state index contributed by atoms with van der Waals surface area (Å²) in [6.07, 6.45) is -2.72. The molecule has 4 aliphatic rings. The number of β-amino-alcohol motifs (C(OH)–C–C–N with tert-alkyl or cyclic N) is 1. The fourth-order valence-electron chi connectivity index (χ4n) is 8.42. The number of carbonyl (C=O) groups excluding carboxylic acids is 3. The van der Waals surface area contributed by atoms with Crippen molar-refractivity contribution in [2.24, 2.45) is 23.7 Å². The number of esters is 2. The Balaban J connectivity index is 1.67. The molecule has 4 rings (SSSR count). The summed E-state index contributed by atoms with van der Waals surface area (Å²) in [5.74, 6) is -3.63. The maximum atomic E-state index is 14.2. The highest BCUT2D eigenvalue weighted by Crippen LogP contribution is 2.42. The number of aliphatic hydroxyl groups excluding tert-OH is 2. The highest BCUT2D eigenvalue weighted by molar-refractivity contribution is 6.00. The number of nitrogens with zero attached hydrogens (tertiary/aromatic N) is 2. The second-order valence-electron chi connectivity index (χ2n) is 15.6. The number of hydrogen-bond donors (Lipinski definition) is 3. The summed E-state index contributed by atoms with van der Waals surface area (Å²) in [4.78, 5) is 44.5. The molecule has 0 spiro atoms. The van der Waals surface area contributed by atoms with Crippen molar-refractivity contribution < 1.29 is 48.3 Å². The van der Waals surface area contributed by atoms with Gasteiger partial charge in [0.25, 0.3) is 0 Å². The van der Waals surface area contributed by atoms with E-state index in [1.165, 1.54) is 6.92 Å². The van der Waals surface area contributed by atoms with E-state index in [1.54, 1.807) is 14.0 Å². The van der Waals surface area contributed by atoms with Crippen LogP contribution in [0.5, 0.6) is 0 Å². The summed E-state index contributed by atoms with van der Waals surface area (Å²) < 4.78 is 31.2. The van der Waals surface area contributed by atoms with Crippen LogP contribution in [0.4, 0.5) is 0 Å². The van der Waals surface area contributed by atoms with E-state index < -0.39 is 53.6 Å². The standard InChI is InChI=1S/C35H61N3O10/c1-11-27-35(7)25(13-28(40)48-35)22(5)36-15-19(2)14-34(6,44-10)31(20(3)29(41)21(4)32(43)46-27)47-33-30(42)26(37(8)9)12-24(45-33)18-38-16-23(39)17-38/h19-27,30-31,33,36,39,42H,11-18H2,1-10H3/t19-,20+,21?,22-,24?,25-,26?,27-,30?,31-,33?,34-,35+/m1/s1. The van der Waals surface area contributed by atoms with Gasteiger partial charge in [0.2, 0.25) is 0 Å². The molecule has 0 aromatic heterocycles. The fraction of sp³-hybridized carbons (Fsp3) is 0.914. The van der Waals surface area contributed by atoms with Gasteiger partial charge in [-0.3, -0.25) is 19.3 Å². The number of carbonyl (C=O) groups is 3. The molecule has 48 heavy (non-hydrogen) atoms. The summed E-state index contributed by atoms with van der Waals surface area (Å²) in [6.45, 7) is 15.2. The number of aliphatic hydroxyl groups is 2. The van der Waals surface area contributed by atoms with Crippen LogP contribution in [0.25, 0.3) is 0 Å². The number of likely N-dealkylation sites (N-methyl/N-ethyl adjacent to an activating group) is 1. The number of ketones is 1. The minimum absolute atomic E-state index is 0.0369. The Morgan fingerprint density at radius 1 is 1.08 bits per heavy atom. The molecule has 0 radical (unpaired) electrons. The van der Waals surface area contributed by atoms with E-state index in [4.69, 9.17) is 23.7 Å². The molecule has 0 aromatic rings. The van der Waals surface area contributed by atoms with Gasteiger partial charge in [0.1, 0.15) is 18.1 Å². The molecule has 0 bridgehead atoms. The van der Waals surface area contributed by atoms with Crippen molar-refractivity contribution in [2.45, 2.75) is 134 Å². The quantitative estimate of drug-likeness (QED) is 0.262. The average molecular weight is 684 g/mol. The topological polar surface area (TPSA) is 156 Å². The molecule has 5 unspecified atom stereocenters. The van der Waals surface area contributed by atoms with Gasteiger partial charge >= 0.3 is 11.9 Å². The van der Waals surface area contributed by atoms with Crippen LogP contribution in [0, 0.1) is 23.7 Å². The predicted molar refractivity (Wildman–Crippen MR) is 177 cm³/mol. The molecule has 0 aliphatic carbocycles. The Bertz CT molecular complexity index is 1140. The van der Waals surface area contributed by atoms with Gasteiger partial charge < -0.3 is 44.1 Å². The monoisotopic (exact) mass is 683 g/mol. The zero-order chi connectivity index (χ0) is 35.7. The van der Waals surface area contributed by atoms with Gasteiger partial charge in [0, 0.05) is 50.7 Å². The maximum absolute atomic E-state index is 14.2. The lowest BCUT2D eigenvalue weighted by molar-refractivity contribution is -0.300. The molecule has 4 saturated heterocycles. The molecule has 4 fully saturated rings. The minimum Gasteiger partial charge on any atom is -0.458 e. The van der Waals surface area contributed by atoms with Gasteiger partial charge in [0.15, 0.2) is 17.7 Å². The van der Waals surface area contributed by atoms with Crippen LogP contribution in [0.2, 0.25) is 0 Å². The first kappa shape index (κ1) is 39.1. The molecule has 13 atom stereocenters. The number of ether oxygens (including phenoxy) is 5. The number of fused-ring (bicyclic) bond motifs is 1. The summed E-state index contributed by atoms with van der Waals surface area (Å²) >= 11 is 0. The van der Waals surface area contributed by atoms with Crippen molar-refractivity contribution in [1.82, 2.24) is 15.1 Å². The highest BCUT2D eigenvalue weighted by Gasteiger charge is 2.55. The van der Waals surface area contributed by atoms with Crippen LogP contribution in [0.1, 0.15) is 74.1 Å². The van der Waals surface area contributed by atoms with Crippen LogP contribution >= 0.6 is 0 Å². The van der Waals surface area contributed by atoms with Crippen molar-refractivity contribution in [3.8, 4) is 0 Å². The van der Waals surface area contributed by atoms with E-state index in [0.717, 1.165) is 0 Å². The number of nitrogens with one attached hydrogen (secondary N) is 1. The van der Waals surface area contributed by atoms with Gasteiger partial charge in [-0.2, -0.15) is 0 Å². The van der Waals surface area contributed by atoms with Crippen LogP contribution in [0.15, 0.2) is 0 Å². The number of Topliss-reactive ketones (excluding diaryl/α,β-unsaturated/α-hetero) is 1. The second-order valence-corrected chi connectivity index (χ2v) is 15.6. The number of methoxy groups -OCH3 is 1. The first-order valence-corrected chi connectivity index (χ1v) is 17.7. The zero-order valence-corrected chi connectivity index (χ0v) is 30.6. The van der Waals surface area contributed by atoms with Crippen LogP contribution in [-0.2, 0) is 38.1 Å². The molecule has 4 heterocycles. The molecular weight excluding hydrogens is 622 g/mol.